The molecule has 0 atom stereocenters. The van der Waals surface area contributed by atoms with Gasteiger partial charge in [-0.25, -0.2) is 0 Å². The zero-order valence-electron chi connectivity index (χ0n) is 25.7. The minimum atomic E-state index is -0.877. The molecule has 2 amide bonds. The van der Waals surface area contributed by atoms with E-state index in [1.54, 1.807) is 0 Å². The van der Waals surface area contributed by atoms with Gasteiger partial charge in [-0.2, -0.15) is 0 Å². The summed E-state index contributed by atoms with van der Waals surface area (Å²) >= 11 is 6.11. The standard InChI is InChI=1S/C30H50ClN3O2/c1-18-19(2)21(4)24(22(5)20(18)3)32(16)25(36)26(6,7)34-29(12,13)27(8,9)33(23(35)17-31)28(10,11)30(34,14)15/h17H2,1-16H3. The van der Waals surface area contributed by atoms with Gasteiger partial charge in [-0.1, -0.05) is 0 Å². The topological polar surface area (TPSA) is 43.9 Å². The monoisotopic (exact) mass is 519 g/mol. The number of hydrogen-bond acceptors (Lipinski definition) is 3. The van der Waals surface area contributed by atoms with Crippen LogP contribution in [0.3, 0.4) is 0 Å². The van der Waals surface area contributed by atoms with Crippen molar-refractivity contribution in [3.8, 4) is 0 Å². The molecule has 204 valence electrons. The van der Waals surface area contributed by atoms with E-state index in [1.807, 2.05) is 30.7 Å². The predicted octanol–water partition coefficient (Wildman–Crippen LogP) is 6.47. The predicted molar refractivity (Wildman–Crippen MR) is 153 cm³/mol. The molecule has 0 unspecified atom stereocenters. The number of alkyl halides is 1. The number of rotatable bonds is 4. The second-order valence-electron chi connectivity index (χ2n) is 13.3. The molecule has 1 fully saturated rings. The van der Waals surface area contributed by atoms with Crippen LogP contribution in [0.4, 0.5) is 5.69 Å². The zero-order valence-corrected chi connectivity index (χ0v) is 26.5. The second kappa shape index (κ2) is 9.01. The van der Waals surface area contributed by atoms with Crippen LogP contribution in [0.15, 0.2) is 0 Å². The summed E-state index contributed by atoms with van der Waals surface area (Å²) in [7, 11) is 1.90. The van der Waals surface area contributed by atoms with Gasteiger partial charge in [0.25, 0.3) is 0 Å². The summed E-state index contributed by atoms with van der Waals surface area (Å²) in [5.41, 5.74) is 3.79. The number of anilines is 1. The maximum absolute atomic E-state index is 14.5. The van der Waals surface area contributed by atoms with Crippen LogP contribution < -0.4 is 4.90 Å². The smallest absolute Gasteiger partial charge is 0.246 e. The fourth-order valence-electron chi connectivity index (χ4n) is 7.16. The van der Waals surface area contributed by atoms with Crippen LogP contribution in [0.1, 0.15) is 97.1 Å². The number of likely N-dealkylation sites (N-methyl/N-ethyl adjacent to an activating group) is 1. The number of piperazine rings is 1. The Morgan fingerprint density at radius 3 is 1.39 bits per heavy atom. The van der Waals surface area contributed by atoms with Gasteiger partial charge in [0.15, 0.2) is 0 Å². The molecule has 0 aromatic heterocycles. The molecule has 1 aliphatic rings. The molecule has 1 heterocycles. The normalized spacial score (nSPS) is 20.9. The van der Waals surface area contributed by atoms with Crippen molar-refractivity contribution in [2.24, 2.45) is 0 Å². The molecule has 0 N–H and O–H groups in total. The van der Waals surface area contributed by atoms with Crippen LogP contribution in [0.2, 0.25) is 0 Å². The second-order valence-corrected chi connectivity index (χ2v) is 13.6. The van der Waals surface area contributed by atoms with E-state index in [2.05, 4.69) is 94.9 Å². The zero-order chi connectivity index (χ0) is 28.6. The Hall–Kier alpha value is -1.59. The summed E-state index contributed by atoms with van der Waals surface area (Å²) in [6, 6.07) is 0. The van der Waals surface area contributed by atoms with Crippen LogP contribution in [0, 0.1) is 34.6 Å². The molecule has 5 nitrogen and oxygen atoms in total. The average Bonchev–Trinajstić information content (AvgIpc) is 2.73. The third kappa shape index (κ3) is 3.91. The van der Waals surface area contributed by atoms with Crippen LogP contribution >= 0.6 is 11.6 Å². The SMILES string of the molecule is Cc1c(C)c(C)c(N(C)C(=O)C(C)(C)N2C(C)(C)C(C)(C)N(C(=O)CCl)C(C)(C)C2(C)C)c(C)c1C. The van der Waals surface area contributed by atoms with Gasteiger partial charge in [0.05, 0.1) is 16.6 Å². The minimum Gasteiger partial charge on any atom is -0.328 e. The number of halogens is 1. The summed E-state index contributed by atoms with van der Waals surface area (Å²) in [4.78, 5) is 33.9. The van der Waals surface area contributed by atoms with Crippen molar-refractivity contribution in [2.75, 3.05) is 17.8 Å². The molecular formula is C30H50ClN3O2. The molecule has 1 aliphatic heterocycles. The van der Waals surface area contributed by atoms with Crippen molar-refractivity contribution in [1.82, 2.24) is 9.80 Å². The summed E-state index contributed by atoms with van der Waals surface area (Å²) in [6.45, 7) is 31.6. The number of carbonyl (C=O) groups is 2. The van der Waals surface area contributed by atoms with Crippen molar-refractivity contribution >= 4 is 29.1 Å². The third-order valence-electron chi connectivity index (χ3n) is 10.3. The first-order valence-electron chi connectivity index (χ1n) is 13.0. The van der Waals surface area contributed by atoms with Gasteiger partial charge in [-0.3, -0.25) is 14.5 Å². The average molecular weight is 520 g/mol. The van der Waals surface area contributed by atoms with E-state index in [4.69, 9.17) is 11.6 Å². The van der Waals surface area contributed by atoms with Gasteiger partial charge in [0.2, 0.25) is 11.8 Å². The molecule has 1 saturated heterocycles. The van der Waals surface area contributed by atoms with Gasteiger partial charge in [-0.15, -0.1) is 11.6 Å². The maximum Gasteiger partial charge on any atom is 0.246 e. The number of nitrogens with zero attached hydrogens (tertiary/aromatic N) is 3. The first-order chi connectivity index (χ1) is 16.0. The van der Waals surface area contributed by atoms with Gasteiger partial charge >= 0.3 is 0 Å². The third-order valence-corrected chi connectivity index (χ3v) is 10.5. The molecule has 0 radical (unpaired) electrons. The van der Waals surface area contributed by atoms with Gasteiger partial charge in [0.1, 0.15) is 5.88 Å². The van der Waals surface area contributed by atoms with Crippen LogP contribution in [-0.2, 0) is 9.59 Å². The van der Waals surface area contributed by atoms with Gasteiger partial charge < -0.3 is 9.80 Å². The van der Waals surface area contributed by atoms with Crippen LogP contribution in [0.5, 0.6) is 0 Å². The number of amides is 2. The van der Waals surface area contributed by atoms with E-state index >= 15 is 0 Å². The van der Waals surface area contributed by atoms with Crippen molar-refractivity contribution in [2.45, 2.75) is 132 Å². The Bertz CT molecular complexity index is 1030. The van der Waals surface area contributed by atoms with Gasteiger partial charge in [0, 0.05) is 23.8 Å². The summed E-state index contributed by atoms with van der Waals surface area (Å²) in [5, 5.41) is 0. The summed E-state index contributed by atoms with van der Waals surface area (Å²) in [6.07, 6.45) is 0. The van der Waals surface area contributed by atoms with Crippen molar-refractivity contribution in [1.29, 1.82) is 0 Å². The lowest BCUT2D eigenvalue weighted by molar-refractivity contribution is -0.234. The molecule has 0 bridgehead atoms. The quantitative estimate of drug-likeness (QED) is 0.428. The van der Waals surface area contributed by atoms with Crippen molar-refractivity contribution in [3.63, 3.8) is 0 Å². The van der Waals surface area contributed by atoms with Gasteiger partial charge in [-0.05, 0) is 132 Å². The molecule has 0 aliphatic carbocycles. The number of hydrogen-bond donors (Lipinski definition) is 0. The van der Waals surface area contributed by atoms with E-state index in [0.717, 1.165) is 16.8 Å². The maximum atomic E-state index is 14.5. The highest BCUT2D eigenvalue weighted by Gasteiger charge is 2.68. The Kier molecular flexibility index (Phi) is 7.67. The molecule has 36 heavy (non-hydrogen) atoms. The number of carbonyl (C=O) groups excluding carboxylic acids is 2. The Morgan fingerprint density at radius 2 is 1.06 bits per heavy atom. The van der Waals surface area contributed by atoms with E-state index in [1.165, 1.54) is 16.7 Å². The molecule has 6 heteroatoms. The highest BCUT2D eigenvalue weighted by molar-refractivity contribution is 6.27. The summed E-state index contributed by atoms with van der Waals surface area (Å²) < 4.78 is 0. The Labute approximate surface area is 225 Å². The van der Waals surface area contributed by atoms with Crippen molar-refractivity contribution in [3.05, 3.63) is 27.8 Å². The first-order valence-corrected chi connectivity index (χ1v) is 13.5. The Morgan fingerprint density at radius 1 is 0.722 bits per heavy atom. The van der Waals surface area contributed by atoms with E-state index in [0.29, 0.717) is 0 Å². The molecule has 0 saturated carbocycles. The lowest BCUT2D eigenvalue weighted by Crippen LogP contribution is -2.88. The van der Waals surface area contributed by atoms with Crippen molar-refractivity contribution < 1.29 is 9.59 Å². The molecule has 1 aromatic rings. The fourth-order valence-corrected chi connectivity index (χ4v) is 7.28. The summed E-state index contributed by atoms with van der Waals surface area (Å²) in [5.74, 6) is -0.138. The highest BCUT2D eigenvalue weighted by atomic mass is 35.5. The van der Waals surface area contributed by atoms with Crippen LogP contribution in [0.25, 0.3) is 0 Å². The largest absolute Gasteiger partial charge is 0.328 e. The fraction of sp³-hybridized carbons (Fsp3) is 0.733. The number of benzene rings is 1. The molecule has 1 aromatic carbocycles. The van der Waals surface area contributed by atoms with E-state index in [-0.39, 0.29) is 17.7 Å². The molecule has 2 rings (SSSR count). The lowest BCUT2D eigenvalue weighted by Gasteiger charge is -2.74. The highest BCUT2D eigenvalue weighted by Crippen LogP contribution is 2.54. The Balaban J connectivity index is 2.78. The minimum absolute atomic E-state index is 0.0289. The molecular weight excluding hydrogens is 470 g/mol. The first kappa shape index (κ1) is 30.6. The lowest BCUT2D eigenvalue weighted by atomic mass is 9.62. The van der Waals surface area contributed by atoms with E-state index < -0.39 is 27.7 Å². The molecule has 0 spiro atoms. The van der Waals surface area contributed by atoms with E-state index in [9.17, 15) is 9.59 Å². The van der Waals surface area contributed by atoms with Crippen LogP contribution in [-0.4, -0.2) is 62.2 Å².